The number of thioether (sulfide) groups is 1. The molecule has 2 amide bonds. The highest BCUT2D eigenvalue weighted by molar-refractivity contribution is 8.00. The van der Waals surface area contributed by atoms with Crippen LogP contribution >= 0.6 is 11.8 Å². The van der Waals surface area contributed by atoms with E-state index in [4.69, 9.17) is 4.74 Å². The summed E-state index contributed by atoms with van der Waals surface area (Å²) in [6, 6.07) is 7.39. The molecule has 0 aromatic heterocycles. The minimum atomic E-state index is -0.294. The second-order valence-corrected chi connectivity index (χ2v) is 6.18. The molecule has 1 unspecified atom stereocenters. The number of rotatable bonds is 6. The third kappa shape index (κ3) is 4.72. The Kier molecular flexibility index (Phi) is 6.04. The Bertz CT molecular complexity index is 588. The maximum Gasteiger partial charge on any atom is 0.307 e. The molecule has 0 radical (unpaired) electrons. The first-order chi connectivity index (χ1) is 11.0. The van der Waals surface area contributed by atoms with Crippen molar-refractivity contribution in [2.75, 3.05) is 24.2 Å². The summed E-state index contributed by atoms with van der Waals surface area (Å²) in [6.07, 6.45) is 0.195. The average Bonchev–Trinajstić information content (AvgIpc) is 2.87. The molecule has 1 N–H and O–H groups in total. The fraction of sp³-hybridized carbons (Fsp3) is 0.438. The van der Waals surface area contributed by atoms with Crippen LogP contribution in [0.25, 0.3) is 0 Å². The minimum Gasteiger partial charge on any atom is -0.466 e. The van der Waals surface area contributed by atoms with Crippen molar-refractivity contribution in [1.82, 2.24) is 4.90 Å². The maximum absolute atomic E-state index is 12.0. The molecule has 0 bridgehead atoms. The van der Waals surface area contributed by atoms with Crippen LogP contribution < -0.4 is 5.32 Å². The van der Waals surface area contributed by atoms with Crippen molar-refractivity contribution in [3.8, 4) is 0 Å². The molecule has 124 valence electrons. The van der Waals surface area contributed by atoms with Crippen LogP contribution in [0, 0.1) is 0 Å². The van der Waals surface area contributed by atoms with Gasteiger partial charge in [-0.25, -0.2) is 0 Å². The molecular formula is C16H20N2O4S. The number of anilines is 1. The van der Waals surface area contributed by atoms with E-state index in [-0.39, 0.29) is 29.6 Å². The van der Waals surface area contributed by atoms with Crippen molar-refractivity contribution in [1.29, 1.82) is 0 Å². The summed E-state index contributed by atoms with van der Waals surface area (Å²) in [6.45, 7) is 3.91. The number of hydrogen-bond donors (Lipinski definition) is 1. The number of hydrogen-bond acceptors (Lipinski definition) is 5. The first-order valence-corrected chi connectivity index (χ1v) is 8.50. The minimum absolute atomic E-state index is 0.0234. The van der Waals surface area contributed by atoms with Crippen LogP contribution in [0.3, 0.4) is 0 Å². The molecule has 0 aliphatic carbocycles. The molecule has 1 atom stereocenters. The zero-order chi connectivity index (χ0) is 16.8. The van der Waals surface area contributed by atoms with Gasteiger partial charge in [0.2, 0.25) is 11.8 Å². The quantitative estimate of drug-likeness (QED) is 0.806. The van der Waals surface area contributed by atoms with Crippen molar-refractivity contribution >= 4 is 35.2 Å². The maximum atomic E-state index is 12.0. The molecule has 1 aliphatic heterocycles. The lowest BCUT2D eigenvalue weighted by Crippen LogP contribution is -2.30. The smallest absolute Gasteiger partial charge is 0.307 e. The Balaban J connectivity index is 2.03. The highest BCUT2D eigenvalue weighted by Gasteiger charge is 2.32. The van der Waals surface area contributed by atoms with E-state index in [1.165, 1.54) is 18.7 Å². The van der Waals surface area contributed by atoms with Crippen molar-refractivity contribution in [3.63, 3.8) is 0 Å². The Morgan fingerprint density at radius 3 is 2.65 bits per heavy atom. The summed E-state index contributed by atoms with van der Waals surface area (Å²) in [7, 11) is 0. The summed E-state index contributed by atoms with van der Waals surface area (Å²) in [4.78, 5) is 36.3. The molecule has 2 rings (SSSR count). The van der Waals surface area contributed by atoms with Gasteiger partial charge in [0.25, 0.3) is 0 Å². The Hall–Kier alpha value is -2.02. The summed E-state index contributed by atoms with van der Waals surface area (Å²) in [5.41, 5.74) is 1.69. The topological polar surface area (TPSA) is 75.7 Å². The average molecular weight is 336 g/mol. The summed E-state index contributed by atoms with van der Waals surface area (Å²) >= 11 is 1.53. The van der Waals surface area contributed by atoms with Crippen LogP contribution in [0.2, 0.25) is 0 Å². The van der Waals surface area contributed by atoms with E-state index in [0.717, 1.165) is 5.56 Å². The number of benzene rings is 1. The number of esters is 1. The lowest BCUT2D eigenvalue weighted by atomic mass is 10.2. The summed E-state index contributed by atoms with van der Waals surface area (Å²) in [5, 5.41) is 2.60. The molecule has 1 aromatic carbocycles. The zero-order valence-electron chi connectivity index (χ0n) is 13.2. The third-order valence-corrected chi connectivity index (χ3v) is 4.60. The van der Waals surface area contributed by atoms with Gasteiger partial charge in [-0.15, -0.1) is 11.8 Å². The molecule has 1 aliphatic rings. The van der Waals surface area contributed by atoms with Crippen LogP contribution in [0.1, 0.15) is 31.2 Å². The standard InChI is InChI=1S/C16H20N2O4S/c1-3-22-15(21)8-9-18-14(20)10-23-16(18)12-4-6-13(7-5-12)17-11(2)19/h4-7,16H,3,8-10H2,1-2H3,(H,17,19). The first kappa shape index (κ1) is 17.3. The highest BCUT2D eigenvalue weighted by atomic mass is 32.2. The van der Waals surface area contributed by atoms with E-state index in [0.29, 0.717) is 24.6 Å². The van der Waals surface area contributed by atoms with Crippen molar-refractivity contribution in [2.24, 2.45) is 0 Å². The van der Waals surface area contributed by atoms with E-state index >= 15 is 0 Å². The Morgan fingerprint density at radius 1 is 1.35 bits per heavy atom. The van der Waals surface area contributed by atoms with Crippen LogP contribution in [-0.2, 0) is 19.1 Å². The molecule has 0 saturated carbocycles. The fourth-order valence-electron chi connectivity index (χ4n) is 2.35. The number of nitrogens with one attached hydrogen (secondary N) is 1. The van der Waals surface area contributed by atoms with E-state index in [1.54, 1.807) is 11.8 Å². The molecule has 1 fully saturated rings. The second kappa shape index (κ2) is 8.01. The number of carbonyl (C=O) groups excluding carboxylic acids is 3. The van der Waals surface area contributed by atoms with Gasteiger partial charge in [-0.1, -0.05) is 12.1 Å². The Labute approximate surface area is 139 Å². The largest absolute Gasteiger partial charge is 0.466 e. The molecule has 1 heterocycles. The second-order valence-electron chi connectivity index (χ2n) is 5.11. The van der Waals surface area contributed by atoms with E-state index in [1.807, 2.05) is 24.3 Å². The Morgan fingerprint density at radius 2 is 2.04 bits per heavy atom. The number of nitrogens with zero attached hydrogens (tertiary/aromatic N) is 1. The van der Waals surface area contributed by atoms with Crippen molar-refractivity contribution < 1.29 is 19.1 Å². The van der Waals surface area contributed by atoms with Crippen LogP contribution in [0.15, 0.2) is 24.3 Å². The van der Waals surface area contributed by atoms with Gasteiger partial charge in [0.1, 0.15) is 5.37 Å². The first-order valence-electron chi connectivity index (χ1n) is 7.45. The van der Waals surface area contributed by atoms with Gasteiger partial charge in [0.05, 0.1) is 18.8 Å². The zero-order valence-corrected chi connectivity index (χ0v) is 14.0. The van der Waals surface area contributed by atoms with Gasteiger partial charge in [-0.3, -0.25) is 14.4 Å². The third-order valence-electron chi connectivity index (χ3n) is 3.35. The van der Waals surface area contributed by atoms with Gasteiger partial charge in [-0.05, 0) is 24.6 Å². The van der Waals surface area contributed by atoms with E-state index in [9.17, 15) is 14.4 Å². The number of carbonyl (C=O) groups is 3. The van der Waals surface area contributed by atoms with Gasteiger partial charge in [0.15, 0.2) is 0 Å². The van der Waals surface area contributed by atoms with E-state index in [2.05, 4.69) is 5.32 Å². The number of ether oxygens (including phenoxy) is 1. The van der Waals surface area contributed by atoms with Gasteiger partial charge in [-0.2, -0.15) is 0 Å². The van der Waals surface area contributed by atoms with Crippen molar-refractivity contribution in [2.45, 2.75) is 25.6 Å². The molecule has 23 heavy (non-hydrogen) atoms. The monoisotopic (exact) mass is 336 g/mol. The molecule has 7 heteroatoms. The number of amides is 2. The fourth-order valence-corrected chi connectivity index (χ4v) is 3.57. The molecule has 0 spiro atoms. The van der Waals surface area contributed by atoms with Crippen LogP contribution in [0.5, 0.6) is 0 Å². The van der Waals surface area contributed by atoms with Gasteiger partial charge < -0.3 is 15.0 Å². The van der Waals surface area contributed by atoms with Gasteiger partial charge in [0, 0.05) is 19.2 Å². The molecule has 1 aromatic rings. The van der Waals surface area contributed by atoms with Crippen molar-refractivity contribution in [3.05, 3.63) is 29.8 Å². The van der Waals surface area contributed by atoms with Crippen LogP contribution in [0.4, 0.5) is 5.69 Å². The predicted octanol–water partition coefficient (Wildman–Crippen LogP) is 2.17. The van der Waals surface area contributed by atoms with Crippen LogP contribution in [-0.4, -0.2) is 41.6 Å². The lowest BCUT2D eigenvalue weighted by molar-refractivity contribution is -0.144. The normalized spacial score (nSPS) is 17.2. The molecule has 1 saturated heterocycles. The van der Waals surface area contributed by atoms with E-state index < -0.39 is 0 Å². The highest BCUT2D eigenvalue weighted by Crippen LogP contribution is 2.38. The SMILES string of the molecule is CCOC(=O)CCN1C(=O)CSC1c1ccc(NC(C)=O)cc1. The predicted molar refractivity (Wildman–Crippen MR) is 88.9 cm³/mol. The molecular weight excluding hydrogens is 316 g/mol. The lowest BCUT2D eigenvalue weighted by Gasteiger charge is -2.24. The summed E-state index contributed by atoms with van der Waals surface area (Å²) < 4.78 is 4.91. The van der Waals surface area contributed by atoms with Gasteiger partial charge >= 0.3 is 5.97 Å². The summed E-state index contributed by atoms with van der Waals surface area (Å²) in [5.74, 6) is 0.00688. The molecule has 6 nitrogen and oxygen atoms in total.